The van der Waals surface area contributed by atoms with Crippen LogP contribution in [0.15, 0.2) is 29.2 Å². The fourth-order valence-corrected chi connectivity index (χ4v) is 2.73. The van der Waals surface area contributed by atoms with Gasteiger partial charge in [0.15, 0.2) is 0 Å². The summed E-state index contributed by atoms with van der Waals surface area (Å²) in [6.45, 7) is 2.43. The number of hydrogen-bond donors (Lipinski definition) is 1. The number of ether oxygens (including phenoxy) is 2. The number of nitrogens with one attached hydrogen (secondary N) is 1. The van der Waals surface area contributed by atoms with Gasteiger partial charge in [0.1, 0.15) is 0 Å². The lowest BCUT2D eigenvalue weighted by Crippen LogP contribution is -2.41. The highest BCUT2D eigenvalue weighted by atomic mass is 32.2. The molecule has 102 valence electrons. The van der Waals surface area contributed by atoms with Crippen LogP contribution in [0.2, 0.25) is 0 Å². The summed E-state index contributed by atoms with van der Waals surface area (Å²) in [5.74, 6) is 0. The maximum atomic E-state index is 12.1. The first kappa shape index (κ1) is 15.1. The van der Waals surface area contributed by atoms with Gasteiger partial charge in [0.2, 0.25) is 10.0 Å². The number of aryl methyl sites for hydroxylation is 1. The van der Waals surface area contributed by atoms with E-state index in [4.69, 9.17) is 9.47 Å². The molecule has 5 nitrogen and oxygen atoms in total. The van der Waals surface area contributed by atoms with E-state index < -0.39 is 16.1 Å². The Labute approximate surface area is 108 Å². The van der Waals surface area contributed by atoms with Gasteiger partial charge in [0.25, 0.3) is 0 Å². The second kappa shape index (κ2) is 6.84. The second-order valence-electron chi connectivity index (χ2n) is 4.04. The Morgan fingerprint density at radius 3 is 2.06 bits per heavy atom. The summed E-state index contributed by atoms with van der Waals surface area (Å²) >= 11 is 0. The SMILES string of the molecule is COCC(COC)NS(=O)(=O)c1ccc(C)cc1. The highest BCUT2D eigenvalue weighted by Crippen LogP contribution is 2.10. The molecule has 0 heterocycles. The minimum Gasteiger partial charge on any atom is -0.383 e. The molecule has 0 aromatic heterocycles. The molecule has 0 fully saturated rings. The van der Waals surface area contributed by atoms with Gasteiger partial charge in [0, 0.05) is 14.2 Å². The van der Waals surface area contributed by atoms with E-state index in [9.17, 15) is 8.42 Å². The molecule has 0 aliphatic heterocycles. The summed E-state index contributed by atoms with van der Waals surface area (Å²) in [5, 5.41) is 0. The summed E-state index contributed by atoms with van der Waals surface area (Å²) in [7, 11) is -0.497. The van der Waals surface area contributed by atoms with Crippen molar-refractivity contribution in [1.29, 1.82) is 0 Å². The Kier molecular flexibility index (Phi) is 5.74. The molecule has 0 aliphatic rings. The standard InChI is InChI=1S/C12H19NO4S/c1-10-4-6-12(7-5-10)18(14,15)13-11(8-16-2)9-17-3/h4-7,11,13H,8-9H2,1-3H3. The fraction of sp³-hybridized carbons (Fsp3) is 0.500. The van der Waals surface area contributed by atoms with Crippen LogP contribution in [0, 0.1) is 6.92 Å². The Bertz CT molecular complexity index is 449. The van der Waals surface area contributed by atoms with Gasteiger partial charge in [-0.05, 0) is 19.1 Å². The molecule has 0 atom stereocenters. The van der Waals surface area contributed by atoms with E-state index in [1.807, 2.05) is 6.92 Å². The molecule has 0 unspecified atom stereocenters. The molecule has 0 radical (unpaired) electrons. The van der Waals surface area contributed by atoms with E-state index in [1.165, 1.54) is 14.2 Å². The minimum absolute atomic E-state index is 0.241. The molecular weight excluding hydrogens is 254 g/mol. The van der Waals surface area contributed by atoms with Crippen molar-refractivity contribution >= 4 is 10.0 Å². The molecule has 1 rings (SSSR count). The van der Waals surface area contributed by atoms with Gasteiger partial charge >= 0.3 is 0 Å². The monoisotopic (exact) mass is 273 g/mol. The van der Waals surface area contributed by atoms with Crippen LogP contribution in [0.4, 0.5) is 0 Å². The lowest BCUT2D eigenvalue weighted by molar-refractivity contribution is 0.112. The van der Waals surface area contributed by atoms with Crippen LogP contribution in [0.3, 0.4) is 0 Å². The highest BCUT2D eigenvalue weighted by Gasteiger charge is 2.19. The summed E-state index contributed by atoms with van der Waals surface area (Å²) in [4.78, 5) is 0.241. The first-order valence-corrected chi connectivity index (χ1v) is 7.05. The minimum atomic E-state index is -3.53. The number of hydrogen-bond acceptors (Lipinski definition) is 4. The predicted molar refractivity (Wildman–Crippen MR) is 69.0 cm³/mol. The molecule has 1 aromatic rings. The van der Waals surface area contributed by atoms with Crippen molar-refractivity contribution in [3.05, 3.63) is 29.8 Å². The summed E-state index contributed by atoms with van der Waals surface area (Å²) < 4.78 is 36.6. The van der Waals surface area contributed by atoms with Crippen LogP contribution < -0.4 is 4.72 Å². The molecule has 1 N–H and O–H groups in total. The highest BCUT2D eigenvalue weighted by molar-refractivity contribution is 7.89. The van der Waals surface area contributed by atoms with Gasteiger partial charge < -0.3 is 9.47 Å². The second-order valence-corrected chi connectivity index (χ2v) is 5.76. The van der Waals surface area contributed by atoms with Crippen molar-refractivity contribution in [3.8, 4) is 0 Å². The van der Waals surface area contributed by atoms with Crippen LogP contribution in [-0.4, -0.2) is 41.9 Å². The lowest BCUT2D eigenvalue weighted by atomic mass is 10.2. The molecule has 0 spiro atoms. The lowest BCUT2D eigenvalue weighted by Gasteiger charge is -2.17. The summed E-state index contributed by atoms with van der Waals surface area (Å²) in [6, 6.07) is 6.28. The van der Waals surface area contributed by atoms with Crippen molar-refractivity contribution in [2.45, 2.75) is 17.9 Å². The zero-order chi connectivity index (χ0) is 13.6. The largest absolute Gasteiger partial charge is 0.383 e. The molecule has 1 aromatic carbocycles. The summed E-state index contributed by atoms with van der Waals surface area (Å²) in [5.41, 5.74) is 1.01. The van der Waals surface area contributed by atoms with E-state index >= 15 is 0 Å². The maximum Gasteiger partial charge on any atom is 0.240 e. The third kappa shape index (κ3) is 4.38. The first-order valence-electron chi connectivity index (χ1n) is 5.56. The predicted octanol–water partition coefficient (Wildman–Crippen LogP) is 0.935. The van der Waals surface area contributed by atoms with Gasteiger partial charge in [0.05, 0.1) is 24.2 Å². The van der Waals surface area contributed by atoms with Gasteiger partial charge in [-0.25, -0.2) is 13.1 Å². The molecule has 0 saturated heterocycles. The molecule has 0 saturated carbocycles. The van der Waals surface area contributed by atoms with Crippen molar-refractivity contribution in [2.24, 2.45) is 0 Å². The van der Waals surface area contributed by atoms with Crippen LogP contribution >= 0.6 is 0 Å². The molecule has 6 heteroatoms. The number of rotatable bonds is 7. The average molecular weight is 273 g/mol. The molecule has 18 heavy (non-hydrogen) atoms. The van der Waals surface area contributed by atoms with Crippen molar-refractivity contribution in [1.82, 2.24) is 4.72 Å². The van der Waals surface area contributed by atoms with E-state index in [0.717, 1.165) is 5.56 Å². The van der Waals surface area contributed by atoms with Gasteiger partial charge in [-0.15, -0.1) is 0 Å². The van der Waals surface area contributed by atoms with E-state index in [0.29, 0.717) is 0 Å². The normalized spacial score (nSPS) is 12.0. The van der Waals surface area contributed by atoms with Gasteiger partial charge in [-0.1, -0.05) is 17.7 Å². The first-order chi connectivity index (χ1) is 8.49. The molecule has 0 aliphatic carbocycles. The Hall–Kier alpha value is -0.950. The third-order valence-electron chi connectivity index (χ3n) is 2.39. The average Bonchev–Trinajstić information content (AvgIpc) is 2.29. The quantitative estimate of drug-likeness (QED) is 0.803. The topological polar surface area (TPSA) is 64.6 Å². The van der Waals surface area contributed by atoms with Gasteiger partial charge in [-0.3, -0.25) is 0 Å². The Balaban J connectivity index is 2.82. The number of methoxy groups -OCH3 is 2. The van der Waals surface area contributed by atoms with Crippen molar-refractivity contribution in [3.63, 3.8) is 0 Å². The fourth-order valence-electron chi connectivity index (χ4n) is 1.52. The smallest absolute Gasteiger partial charge is 0.240 e. The van der Waals surface area contributed by atoms with Crippen molar-refractivity contribution < 1.29 is 17.9 Å². The zero-order valence-electron chi connectivity index (χ0n) is 10.8. The number of sulfonamides is 1. The molecule has 0 amide bonds. The zero-order valence-corrected chi connectivity index (χ0v) is 11.7. The Morgan fingerprint density at radius 1 is 1.11 bits per heavy atom. The molecule has 0 bridgehead atoms. The summed E-state index contributed by atoms with van der Waals surface area (Å²) in [6.07, 6.45) is 0. The van der Waals surface area contributed by atoms with Gasteiger partial charge in [-0.2, -0.15) is 0 Å². The third-order valence-corrected chi connectivity index (χ3v) is 3.93. The van der Waals surface area contributed by atoms with E-state index in [1.54, 1.807) is 24.3 Å². The number of benzene rings is 1. The molecular formula is C12H19NO4S. The van der Waals surface area contributed by atoms with Crippen LogP contribution in [0.5, 0.6) is 0 Å². The van der Waals surface area contributed by atoms with E-state index in [2.05, 4.69) is 4.72 Å². The van der Waals surface area contributed by atoms with E-state index in [-0.39, 0.29) is 18.1 Å². The van der Waals surface area contributed by atoms with Crippen LogP contribution in [0.25, 0.3) is 0 Å². The van der Waals surface area contributed by atoms with Crippen molar-refractivity contribution in [2.75, 3.05) is 27.4 Å². The van der Waals surface area contributed by atoms with Crippen LogP contribution in [-0.2, 0) is 19.5 Å². The maximum absolute atomic E-state index is 12.1. The van der Waals surface area contributed by atoms with Crippen LogP contribution in [0.1, 0.15) is 5.56 Å². The Morgan fingerprint density at radius 2 is 1.61 bits per heavy atom.